The lowest BCUT2D eigenvalue weighted by atomic mass is 10.0. The molecule has 2 unspecified atom stereocenters. The molecule has 82 valence electrons. The molecule has 0 saturated heterocycles. The predicted molar refractivity (Wildman–Crippen MR) is 52.4 cm³/mol. The van der Waals surface area contributed by atoms with E-state index in [1.54, 1.807) is 20.8 Å². The van der Waals surface area contributed by atoms with Gasteiger partial charge in [0.25, 0.3) is 0 Å². The smallest absolute Gasteiger partial charge is 0.328 e. The Balaban J connectivity index is 4.12. The third-order valence-electron chi connectivity index (χ3n) is 2.12. The number of nitrogens with two attached hydrogens (primary N) is 1. The number of carbonyl (C=O) groups excluding carboxylic acids is 2. The Morgan fingerprint density at radius 3 is 2.14 bits per heavy atom. The summed E-state index contributed by atoms with van der Waals surface area (Å²) in [5, 5.41) is 2.52. The van der Waals surface area contributed by atoms with Crippen LogP contribution in [0.25, 0.3) is 0 Å². The maximum atomic E-state index is 11.4. The SMILES string of the molecule is COC(=O)[C@H](C)NC(=O)C(C)C(C)N. The zero-order valence-electron chi connectivity index (χ0n) is 9.03. The molecule has 1 amide bonds. The molecule has 0 aromatic heterocycles. The number of hydrogen-bond donors (Lipinski definition) is 2. The summed E-state index contributed by atoms with van der Waals surface area (Å²) < 4.78 is 4.47. The molecule has 0 bridgehead atoms. The lowest BCUT2D eigenvalue weighted by Gasteiger charge is -2.18. The van der Waals surface area contributed by atoms with E-state index in [0.29, 0.717) is 0 Å². The molecule has 3 N–H and O–H groups in total. The van der Waals surface area contributed by atoms with E-state index in [1.807, 2.05) is 0 Å². The fourth-order valence-electron chi connectivity index (χ4n) is 0.819. The molecule has 0 rings (SSSR count). The van der Waals surface area contributed by atoms with E-state index < -0.39 is 12.0 Å². The van der Waals surface area contributed by atoms with Crippen molar-refractivity contribution in [1.29, 1.82) is 0 Å². The van der Waals surface area contributed by atoms with Crippen LogP contribution in [0.1, 0.15) is 20.8 Å². The maximum absolute atomic E-state index is 11.4. The zero-order valence-corrected chi connectivity index (χ0v) is 9.03. The second kappa shape index (κ2) is 5.59. The van der Waals surface area contributed by atoms with Crippen molar-refractivity contribution in [2.24, 2.45) is 11.7 Å². The van der Waals surface area contributed by atoms with Crippen molar-refractivity contribution < 1.29 is 14.3 Å². The summed E-state index contributed by atoms with van der Waals surface area (Å²) in [5.74, 6) is -1.02. The molecule has 0 aromatic rings. The summed E-state index contributed by atoms with van der Waals surface area (Å²) in [6.07, 6.45) is 0. The number of esters is 1. The molecule has 0 spiro atoms. The fraction of sp³-hybridized carbons (Fsp3) is 0.778. The van der Waals surface area contributed by atoms with Gasteiger partial charge in [-0.2, -0.15) is 0 Å². The van der Waals surface area contributed by atoms with E-state index in [0.717, 1.165) is 0 Å². The standard InChI is InChI=1S/C9H18N2O3/c1-5(6(2)10)8(12)11-7(3)9(13)14-4/h5-7H,10H2,1-4H3,(H,11,12)/t5?,6?,7-/m0/s1. The summed E-state index contributed by atoms with van der Waals surface area (Å²) in [6, 6.07) is -0.867. The van der Waals surface area contributed by atoms with E-state index in [4.69, 9.17) is 5.73 Å². The summed E-state index contributed by atoms with van der Waals surface area (Å²) in [7, 11) is 1.28. The highest BCUT2D eigenvalue weighted by Crippen LogP contribution is 2.00. The quantitative estimate of drug-likeness (QED) is 0.610. The van der Waals surface area contributed by atoms with E-state index in [-0.39, 0.29) is 17.9 Å². The largest absolute Gasteiger partial charge is 0.467 e. The van der Waals surface area contributed by atoms with Crippen LogP contribution in [0.2, 0.25) is 0 Å². The van der Waals surface area contributed by atoms with Crippen molar-refractivity contribution in [3.05, 3.63) is 0 Å². The van der Waals surface area contributed by atoms with Crippen LogP contribution in [0.15, 0.2) is 0 Å². The van der Waals surface area contributed by atoms with Gasteiger partial charge in [-0.3, -0.25) is 4.79 Å². The molecule has 5 nitrogen and oxygen atoms in total. The van der Waals surface area contributed by atoms with Crippen LogP contribution in [0, 0.1) is 5.92 Å². The highest BCUT2D eigenvalue weighted by molar-refractivity contribution is 5.85. The van der Waals surface area contributed by atoms with Crippen LogP contribution in [0.5, 0.6) is 0 Å². The van der Waals surface area contributed by atoms with E-state index in [1.165, 1.54) is 7.11 Å². The van der Waals surface area contributed by atoms with Crippen LogP contribution in [-0.4, -0.2) is 31.1 Å². The van der Waals surface area contributed by atoms with Gasteiger partial charge in [0.1, 0.15) is 6.04 Å². The molecule has 0 radical (unpaired) electrons. The van der Waals surface area contributed by atoms with Gasteiger partial charge in [-0.1, -0.05) is 6.92 Å². The van der Waals surface area contributed by atoms with E-state index >= 15 is 0 Å². The number of methoxy groups -OCH3 is 1. The molecule has 0 aliphatic rings. The number of amides is 1. The van der Waals surface area contributed by atoms with Gasteiger partial charge in [-0.25, -0.2) is 4.79 Å². The molecule has 0 aliphatic heterocycles. The van der Waals surface area contributed by atoms with Gasteiger partial charge in [0, 0.05) is 12.0 Å². The minimum atomic E-state index is -0.631. The summed E-state index contributed by atoms with van der Waals surface area (Å²) >= 11 is 0. The predicted octanol–water partition coefficient (Wildman–Crippen LogP) is -0.353. The van der Waals surface area contributed by atoms with Gasteiger partial charge in [0.2, 0.25) is 5.91 Å². The normalized spacial score (nSPS) is 16.6. The molecule has 0 aromatic carbocycles. The number of rotatable bonds is 4. The first kappa shape index (κ1) is 12.9. The molecule has 5 heteroatoms. The molecule has 0 saturated carbocycles. The van der Waals surface area contributed by atoms with Crippen molar-refractivity contribution in [1.82, 2.24) is 5.32 Å². The average Bonchev–Trinajstić information content (AvgIpc) is 2.14. The van der Waals surface area contributed by atoms with E-state index in [9.17, 15) is 9.59 Å². The van der Waals surface area contributed by atoms with Crippen LogP contribution < -0.4 is 11.1 Å². The van der Waals surface area contributed by atoms with Gasteiger partial charge < -0.3 is 15.8 Å². The number of hydrogen-bond acceptors (Lipinski definition) is 4. The molecular formula is C9H18N2O3. The molecule has 0 heterocycles. The third kappa shape index (κ3) is 3.74. The summed E-state index contributed by atoms with van der Waals surface area (Å²) in [4.78, 5) is 22.4. The number of carbonyl (C=O) groups is 2. The Hall–Kier alpha value is -1.10. The van der Waals surface area contributed by atoms with Gasteiger partial charge in [-0.15, -0.1) is 0 Å². The molecular weight excluding hydrogens is 184 g/mol. The minimum Gasteiger partial charge on any atom is -0.467 e. The van der Waals surface area contributed by atoms with Gasteiger partial charge in [-0.05, 0) is 13.8 Å². The Bertz CT molecular complexity index is 216. The highest BCUT2D eigenvalue weighted by atomic mass is 16.5. The fourth-order valence-corrected chi connectivity index (χ4v) is 0.819. The van der Waals surface area contributed by atoms with Gasteiger partial charge in [0.05, 0.1) is 7.11 Å². The molecule has 3 atom stereocenters. The van der Waals surface area contributed by atoms with Gasteiger partial charge in [0.15, 0.2) is 0 Å². The van der Waals surface area contributed by atoms with Crippen LogP contribution in [0.4, 0.5) is 0 Å². The number of ether oxygens (including phenoxy) is 1. The second-order valence-corrected chi connectivity index (χ2v) is 3.40. The summed E-state index contributed by atoms with van der Waals surface area (Å²) in [5.41, 5.74) is 5.54. The van der Waals surface area contributed by atoms with E-state index in [2.05, 4.69) is 10.1 Å². The van der Waals surface area contributed by atoms with Crippen molar-refractivity contribution in [2.45, 2.75) is 32.9 Å². The first-order valence-electron chi connectivity index (χ1n) is 4.54. The topological polar surface area (TPSA) is 81.4 Å². The minimum absolute atomic E-state index is 0.236. The van der Waals surface area contributed by atoms with Crippen molar-refractivity contribution in [2.75, 3.05) is 7.11 Å². The van der Waals surface area contributed by atoms with Crippen LogP contribution in [0.3, 0.4) is 0 Å². The van der Waals surface area contributed by atoms with Crippen molar-refractivity contribution >= 4 is 11.9 Å². The second-order valence-electron chi connectivity index (χ2n) is 3.40. The van der Waals surface area contributed by atoms with Crippen molar-refractivity contribution in [3.63, 3.8) is 0 Å². The Labute approximate surface area is 84.0 Å². The molecule has 0 fully saturated rings. The molecule has 0 aliphatic carbocycles. The third-order valence-corrected chi connectivity index (χ3v) is 2.12. The Morgan fingerprint density at radius 1 is 1.29 bits per heavy atom. The highest BCUT2D eigenvalue weighted by Gasteiger charge is 2.21. The molecule has 14 heavy (non-hydrogen) atoms. The number of nitrogens with one attached hydrogen (secondary N) is 1. The summed E-state index contributed by atoms with van der Waals surface area (Å²) in [6.45, 7) is 5.02. The lowest BCUT2D eigenvalue weighted by Crippen LogP contribution is -2.45. The first-order valence-corrected chi connectivity index (χ1v) is 4.54. The Kier molecular flexibility index (Phi) is 5.15. The first-order chi connectivity index (χ1) is 6.40. The maximum Gasteiger partial charge on any atom is 0.328 e. The average molecular weight is 202 g/mol. The van der Waals surface area contributed by atoms with Crippen LogP contribution in [-0.2, 0) is 14.3 Å². The van der Waals surface area contributed by atoms with Gasteiger partial charge >= 0.3 is 5.97 Å². The lowest BCUT2D eigenvalue weighted by molar-refractivity contribution is -0.145. The Morgan fingerprint density at radius 2 is 1.79 bits per heavy atom. The van der Waals surface area contributed by atoms with Crippen LogP contribution >= 0.6 is 0 Å². The zero-order chi connectivity index (χ0) is 11.3. The van der Waals surface area contributed by atoms with Crippen molar-refractivity contribution in [3.8, 4) is 0 Å². The monoisotopic (exact) mass is 202 g/mol.